The maximum atomic E-state index is 13.4. The van der Waals surface area contributed by atoms with Crippen molar-refractivity contribution >= 4 is 5.91 Å². The van der Waals surface area contributed by atoms with Crippen molar-refractivity contribution in [3.8, 4) is 0 Å². The SMILES string of the molecule is CN(CCNC(=O)c1ccnc(F)c1F)C1CCCC1. The van der Waals surface area contributed by atoms with E-state index >= 15 is 0 Å². The first-order valence-corrected chi connectivity index (χ1v) is 6.88. The Morgan fingerprint density at radius 3 is 2.85 bits per heavy atom. The fourth-order valence-electron chi connectivity index (χ4n) is 2.56. The summed E-state index contributed by atoms with van der Waals surface area (Å²) in [6.45, 7) is 1.11. The molecule has 1 aliphatic carbocycles. The maximum Gasteiger partial charge on any atom is 0.254 e. The number of aromatic nitrogens is 1. The predicted molar refractivity (Wildman–Crippen MR) is 71.4 cm³/mol. The standard InChI is InChI=1S/C14H19F2N3O/c1-19(10-4-2-3-5-10)9-8-18-14(20)11-6-7-17-13(16)12(11)15/h6-7,10H,2-5,8-9H2,1H3,(H,18,20). The van der Waals surface area contributed by atoms with Crippen LogP contribution >= 0.6 is 0 Å². The van der Waals surface area contributed by atoms with Crippen molar-refractivity contribution in [2.45, 2.75) is 31.7 Å². The van der Waals surface area contributed by atoms with Crippen LogP contribution in [0.5, 0.6) is 0 Å². The summed E-state index contributed by atoms with van der Waals surface area (Å²) in [5, 5.41) is 2.61. The van der Waals surface area contributed by atoms with Gasteiger partial charge in [0.1, 0.15) is 0 Å². The smallest absolute Gasteiger partial charge is 0.254 e. The normalized spacial score (nSPS) is 15.8. The second-order valence-corrected chi connectivity index (χ2v) is 5.14. The van der Waals surface area contributed by atoms with Gasteiger partial charge in [-0.25, -0.2) is 9.37 Å². The molecule has 0 saturated heterocycles. The topological polar surface area (TPSA) is 45.2 Å². The lowest BCUT2D eigenvalue weighted by atomic mass is 10.2. The Kier molecular flexibility index (Phi) is 5.00. The number of likely N-dealkylation sites (N-methyl/N-ethyl adjacent to an activating group) is 1. The summed E-state index contributed by atoms with van der Waals surface area (Å²) in [6.07, 6.45) is 5.97. The highest BCUT2D eigenvalue weighted by molar-refractivity contribution is 5.94. The van der Waals surface area contributed by atoms with E-state index in [4.69, 9.17) is 0 Å². The largest absolute Gasteiger partial charge is 0.351 e. The molecule has 4 nitrogen and oxygen atoms in total. The summed E-state index contributed by atoms with van der Waals surface area (Å²) in [4.78, 5) is 17.1. The zero-order chi connectivity index (χ0) is 14.5. The van der Waals surface area contributed by atoms with Crippen molar-refractivity contribution < 1.29 is 13.6 Å². The van der Waals surface area contributed by atoms with E-state index in [0.29, 0.717) is 19.1 Å². The van der Waals surface area contributed by atoms with Gasteiger partial charge in [0.15, 0.2) is 5.82 Å². The van der Waals surface area contributed by atoms with Gasteiger partial charge < -0.3 is 10.2 Å². The Bertz CT molecular complexity index is 475. The first-order chi connectivity index (χ1) is 9.59. The predicted octanol–water partition coefficient (Wildman–Crippen LogP) is 1.96. The number of carbonyl (C=O) groups is 1. The number of hydrogen-bond donors (Lipinski definition) is 1. The van der Waals surface area contributed by atoms with E-state index < -0.39 is 17.7 Å². The van der Waals surface area contributed by atoms with E-state index in [0.717, 1.165) is 6.20 Å². The molecule has 1 saturated carbocycles. The van der Waals surface area contributed by atoms with E-state index in [1.165, 1.54) is 31.7 Å². The van der Waals surface area contributed by atoms with Gasteiger partial charge in [0.2, 0.25) is 5.95 Å². The highest BCUT2D eigenvalue weighted by Gasteiger charge is 2.20. The molecule has 110 valence electrons. The van der Waals surface area contributed by atoms with Crippen LogP contribution in [0, 0.1) is 11.8 Å². The molecule has 1 aromatic heterocycles. The number of amides is 1. The summed E-state index contributed by atoms with van der Waals surface area (Å²) in [6, 6.07) is 1.75. The molecule has 0 spiro atoms. The second kappa shape index (κ2) is 6.74. The number of nitrogens with one attached hydrogen (secondary N) is 1. The molecule has 0 aliphatic heterocycles. The molecule has 0 radical (unpaired) electrons. The van der Waals surface area contributed by atoms with E-state index in [2.05, 4.69) is 15.2 Å². The highest BCUT2D eigenvalue weighted by atomic mass is 19.2. The Hall–Kier alpha value is -1.56. The molecule has 1 fully saturated rings. The maximum absolute atomic E-state index is 13.4. The highest BCUT2D eigenvalue weighted by Crippen LogP contribution is 2.21. The Labute approximate surface area is 117 Å². The van der Waals surface area contributed by atoms with Crippen LogP contribution in [0.4, 0.5) is 8.78 Å². The average molecular weight is 283 g/mol. The van der Waals surface area contributed by atoms with Gasteiger partial charge in [-0.1, -0.05) is 12.8 Å². The van der Waals surface area contributed by atoms with E-state index in [9.17, 15) is 13.6 Å². The summed E-state index contributed by atoms with van der Waals surface area (Å²) in [7, 11) is 2.02. The molecule has 20 heavy (non-hydrogen) atoms. The van der Waals surface area contributed by atoms with Gasteiger partial charge >= 0.3 is 0 Å². The van der Waals surface area contributed by atoms with Crippen LogP contribution in [0.1, 0.15) is 36.0 Å². The summed E-state index contributed by atoms with van der Waals surface area (Å²) < 4.78 is 26.3. The van der Waals surface area contributed by atoms with Gasteiger partial charge in [0.25, 0.3) is 5.91 Å². The van der Waals surface area contributed by atoms with E-state index in [1.54, 1.807) is 0 Å². The zero-order valence-electron chi connectivity index (χ0n) is 11.5. The fourth-order valence-corrected chi connectivity index (χ4v) is 2.56. The Balaban J connectivity index is 1.81. The van der Waals surface area contributed by atoms with Crippen molar-refractivity contribution in [1.29, 1.82) is 0 Å². The van der Waals surface area contributed by atoms with Gasteiger partial charge in [-0.3, -0.25) is 4.79 Å². The van der Waals surface area contributed by atoms with Gasteiger partial charge in [0.05, 0.1) is 5.56 Å². The van der Waals surface area contributed by atoms with Crippen LogP contribution in [-0.2, 0) is 0 Å². The number of nitrogens with zero attached hydrogens (tertiary/aromatic N) is 2. The molecule has 0 bridgehead atoms. The van der Waals surface area contributed by atoms with Crippen LogP contribution in [0.2, 0.25) is 0 Å². The first-order valence-electron chi connectivity index (χ1n) is 6.88. The van der Waals surface area contributed by atoms with Crippen LogP contribution in [0.15, 0.2) is 12.3 Å². The molecular weight excluding hydrogens is 264 g/mol. The summed E-state index contributed by atoms with van der Waals surface area (Å²) in [5.41, 5.74) is -0.305. The third-order valence-electron chi connectivity index (χ3n) is 3.79. The lowest BCUT2D eigenvalue weighted by molar-refractivity contribution is 0.0941. The minimum Gasteiger partial charge on any atom is -0.351 e. The number of rotatable bonds is 5. The summed E-state index contributed by atoms with van der Waals surface area (Å²) >= 11 is 0. The molecule has 1 heterocycles. The lowest BCUT2D eigenvalue weighted by Gasteiger charge is -2.23. The second-order valence-electron chi connectivity index (χ2n) is 5.14. The molecule has 2 rings (SSSR count). The molecule has 0 unspecified atom stereocenters. The third kappa shape index (κ3) is 3.50. The van der Waals surface area contributed by atoms with Crippen molar-refractivity contribution in [3.05, 3.63) is 29.6 Å². The van der Waals surface area contributed by atoms with Crippen LogP contribution < -0.4 is 5.32 Å². The number of carbonyl (C=O) groups excluding carboxylic acids is 1. The van der Waals surface area contributed by atoms with Gasteiger partial charge in [-0.15, -0.1) is 0 Å². The van der Waals surface area contributed by atoms with Crippen molar-refractivity contribution in [2.24, 2.45) is 0 Å². The molecular formula is C14H19F2N3O. The average Bonchev–Trinajstić information content (AvgIpc) is 2.95. The summed E-state index contributed by atoms with van der Waals surface area (Å²) in [5.74, 6) is -3.06. The molecule has 0 aromatic carbocycles. The number of hydrogen-bond acceptors (Lipinski definition) is 3. The minimum absolute atomic E-state index is 0.305. The first kappa shape index (κ1) is 14.8. The fraction of sp³-hybridized carbons (Fsp3) is 0.571. The molecule has 1 amide bonds. The molecule has 6 heteroatoms. The molecule has 1 aliphatic rings. The minimum atomic E-state index is -1.25. The van der Waals surface area contributed by atoms with Gasteiger partial charge in [0, 0.05) is 25.3 Å². The van der Waals surface area contributed by atoms with Crippen molar-refractivity contribution in [1.82, 2.24) is 15.2 Å². The van der Waals surface area contributed by atoms with Crippen molar-refractivity contribution in [2.75, 3.05) is 20.1 Å². The van der Waals surface area contributed by atoms with E-state index in [1.807, 2.05) is 7.05 Å². The third-order valence-corrected chi connectivity index (χ3v) is 3.79. The Morgan fingerprint density at radius 2 is 2.15 bits per heavy atom. The number of pyridine rings is 1. The number of halogens is 2. The van der Waals surface area contributed by atoms with Crippen LogP contribution in [0.3, 0.4) is 0 Å². The lowest BCUT2D eigenvalue weighted by Crippen LogP contribution is -2.37. The van der Waals surface area contributed by atoms with Gasteiger partial charge in [-0.05, 0) is 26.0 Å². The Morgan fingerprint density at radius 1 is 1.45 bits per heavy atom. The van der Waals surface area contributed by atoms with Crippen molar-refractivity contribution in [3.63, 3.8) is 0 Å². The quantitative estimate of drug-likeness (QED) is 0.840. The van der Waals surface area contributed by atoms with Crippen LogP contribution in [0.25, 0.3) is 0 Å². The monoisotopic (exact) mass is 283 g/mol. The molecule has 1 N–H and O–H groups in total. The van der Waals surface area contributed by atoms with E-state index in [-0.39, 0.29) is 5.56 Å². The molecule has 1 aromatic rings. The van der Waals surface area contributed by atoms with Crippen LogP contribution in [-0.4, -0.2) is 42.0 Å². The molecule has 0 atom stereocenters. The zero-order valence-corrected chi connectivity index (χ0v) is 11.5. The van der Waals surface area contributed by atoms with Gasteiger partial charge in [-0.2, -0.15) is 4.39 Å².